The SMILES string of the molecule is Cn1c(=O)c2c(nc(SCc3cccc([N+](=O)[O-])c3)n2C)n(C)c1=O. The number of hydrogen-bond donors (Lipinski definition) is 0. The number of non-ortho nitro benzene ring substituents is 1. The Kier molecular flexibility index (Phi) is 4.21. The minimum Gasteiger partial charge on any atom is -0.316 e. The summed E-state index contributed by atoms with van der Waals surface area (Å²) in [5.74, 6) is 0.451. The second-order valence-corrected chi connectivity index (χ2v) is 6.49. The second-order valence-electron chi connectivity index (χ2n) is 5.55. The van der Waals surface area contributed by atoms with Crippen molar-refractivity contribution >= 4 is 28.6 Å². The fraction of sp³-hybridized carbons (Fsp3) is 0.267. The van der Waals surface area contributed by atoms with E-state index < -0.39 is 16.2 Å². The van der Waals surface area contributed by atoms with Crippen molar-refractivity contribution in [3.05, 3.63) is 60.8 Å². The maximum Gasteiger partial charge on any atom is 0.332 e. The maximum atomic E-state index is 12.3. The van der Waals surface area contributed by atoms with Gasteiger partial charge in [-0.1, -0.05) is 23.9 Å². The van der Waals surface area contributed by atoms with E-state index in [2.05, 4.69) is 4.98 Å². The van der Waals surface area contributed by atoms with Gasteiger partial charge in [-0.25, -0.2) is 9.78 Å². The van der Waals surface area contributed by atoms with Gasteiger partial charge < -0.3 is 4.57 Å². The first kappa shape index (κ1) is 17.0. The van der Waals surface area contributed by atoms with Crippen LogP contribution < -0.4 is 11.2 Å². The fourth-order valence-corrected chi connectivity index (χ4v) is 3.45. The van der Waals surface area contributed by atoms with Crippen LogP contribution in [0.25, 0.3) is 11.2 Å². The molecular formula is C15H15N5O4S. The first-order chi connectivity index (χ1) is 11.8. The summed E-state index contributed by atoms with van der Waals surface area (Å²) in [6, 6.07) is 6.35. The Morgan fingerprint density at radius 1 is 1.16 bits per heavy atom. The molecule has 0 fully saturated rings. The van der Waals surface area contributed by atoms with E-state index in [-0.39, 0.29) is 5.69 Å². The molecule has 0 radical (unpaired) electrons. The van der Waals surface area contributed by atoms with Crippen LogP contribution in [0.2, 0.25) is 0 Å². The average molecular weight is 361 g/mol. The summed E-state index contributed by atoms with van der Waals surface area (Å²) in [6.45, 7) is 0. The third-order valence-electron chi connectivity index (χ3n) is 3.92. The van der Waals surface area contributed by atoms with Gasteiger partial charge in [-0.3, -0.25) is 24.0 Å². The normalized spacial score (nSPS) is 11.2. The van der Waals surface area contributed by atoms with Crippen molar-refractivity contribution in [2.24, 2.45) is 21.1 Å². The lowest BCUT2D eigenvalue weighted by Gasteiger charge is -2.04. The van der Waals surface area contributed by atoms with Crippen LogP contribution in [-0.2, 0) is 26.9 Å². The number of nitro groups is 1. The quantitative estimate of drug-likeness (QED) is 0.392. The molecule has 0 bridgehead atoms. The van der Waals surface area contributed by atoms with Crippen molar-refractivity contribution in [2.75, 3.05) is 0 Å². The number of nitro benzene ring substituents is 1. The molecule has 9 nitrogen and oxygen atoms in total. The molecule has 2 aromatic heterocycles. The summed E-state index contributed by atoms with van der Waals surface area (Å²) in [7, 11) is 4.69. The molecule has 0 unspecified atom stereocenters. The maximum absolute atomic E-state index is 12.3. The third-order valence-corrected chi connectivity index (χ3v) is 5.02. The lowest BCUT2D eigenvalue weighted by molar-refractivity contribution is -0.384. The summed E-state index contributed by atoms with van der Waals surface area (Å²) in [5.41, 5.74) is 0.608. The van der Waals surface area contributed by atoms with Crippen LogP contribution in [0.4, 0.5) is 5.69 Å². The molecule has 3 aromatic rings. The summed E-state index contributed by atoms with van der Waals surface area (Å²) in [4.78, 5) is 39.1. The topological polar surface area (TPSA) is 105 Å². The molecule has 0 amide bonds. The van der Waals surface area contributed by atoms with E-state index >= 15 is 0 Å². The van der Waals surface area contributed by atoms with E-state index in [0.29, 0.717) is 22.1 Å². The number of rotatable bonds is 4. The van der Waals surface area contributed by atoms with Crippen LogP contribution in [0, 0.1) is 10.1 Å². The number of thioether (sulfide) groups is 1. The Labute approximate surface area is 145 Å². The molecule has 130 valence electrons. The molecule has 0 atom stereocenters. The molecule has 1 aromatic carbocycles. The molecule has 0 N–H and O–H groups in total. The minimum absolute atomic E-state index is 0.0272. The van der Waals surface area contributed by atoms with Gasteiger partial charge in [0.05, 0.1) is 4.92 Å². The molecule has 10 heteroatoms. The van der Waals surface area contributed by atoms with Crippen molar-refractivity contribution in [3.8, 4) is 0 Å². The highest BCUT2D eigenvalue weighted by molar-refractivity contribution is 7.98. The summed E-state index contributed by atoms with van der Waals surface area (Å²) in [5, 5.41) is 11.4. The van der Waals surface area contributed by atoms with Gasteiger partial charge in [0, 0.05) is 39.0 Å². The highest BCUT2D eigenvalue weighted by Crippen LogP contribution is 2.25. The molecule has 25 heavy (non-hydrogen) atoms. The highest BCUT2D eigenvalue weighted by atomic mass is 32.2. The van der Waals surface area contributed by atoms with Crippen molar-refractivity contribution in [1.29, 1.82) is 0 Å². The molecule has 0 aliphatic rings. The highest BCUT2D eigenvalue weighted by Gasteiger charge is 2.17. The van der Waals surface area contributed by atoms with E-state index in [4.69, 9.17) is 0 Å². The Bertz CT molecular complexity index is 1110. The van der Waals surface area contributed by atoms with Gasteiger partial charge in [-0.05, 0) is 5.56 Å². The number of aryl methyl sites for hydroxylation is 2. The van der Waals surface area contributed by atoms with Crippen LogP contribution in [-0.4, -0.2) is 23.6 Å². The molecule has 3 rings (SSSR count). The predicted molar refractivity (Wildman–Crippen MR) is 93.9 cm³/mol. The van der Waals surface area contributed by atoms with Gasteiger partial charge >= 0.3 is 5.69 Å². The number of fused-ring (bicyclic) bond motifs is 1. The van der Waals surface area contributed by atoms with Crippen molar-refractivity contribution in [2.45, 2.75) is 10.9 Å². The Balaban J connectivity index is 1.99. The van der Waals surface area contributed by atoms with Gasteiger partial charge in [0.15, 0.2) is 16.3 Å². The number of hydrogen-bond acceptors (Lipinski definition) is 6. The van der Waals surface area contributed by atoms with E-state index in [0.717, 1.165) is 10.1 Å². The molecular weight excluding hydrogens is 346 g/mol. The zero-order chi connectivity index (χ0) is 18.3. The van der Waals surface area contributed by atoms with Crippen molar-refractivity contribution < 1.29 is 4.92 Å². The Morgan fingerprint density at radius 3 is 2.56 bits per heavy atom. The van der Waals surface area contributed by atoms with Crippen molar-refractivity contribution in [3.63, 3.8) is 0 Å². The summed E-state index contributed by atoms with van der Waals surface area (Å²) in [6.07, 6.45) is 0. The lowest BCUT2D eigenvalue weighted by Crippen LogP contribution is -2.37. The number of benzene rings is 1. The van der Waals surface area contributed by atoms with Crippen molar-refractivity contribution in [1.82, 2.24) is 18.7 Å². The first-order valence-corrected chi connectivity index (χ1v) is 8.28. The number of aromatic nitrogens is 4. The number of nitrogens with zero attached hydrogens (tertiary/aromatic N) is 5. The monoisotopic (exact) mass is 361 g/mol. The lowest BCUT2D eigenvalue weighted by atomic mass is 10.2. The minimum atomic E-state index is -0.442. The molecule has 0 spiro atoms. The van der Waals surface area contributed by atoms with Crippen LogP contribution >= 0.6 is 11.8 Å². The van der Waals surface area contributed by atoms with Gasteiger partial charge in [-0.15, -0.1) is 0 Å². The third kappa shape index (κ3) is 2.84. The second kappa shape index (κ2) is 6.20. The van der Waals surface area contributed by atoms with Crippen LogP contribution in [0.5, 0.6) is 0 Å². The molecule has 2 heterocycles. The molecule has 0 saturated heterocycles. The Hall–Kier alpha value is -2.88. The summed E-state index contributed by atoms with van der Waals surface area (Å²) >= 11 is 1.34. The zero-order valence-electron chi connectivity index (χ0n) is 13.8. The van der Waals surface area contributed by atoms with E-state index in [1.807, 2.05) is 0 Å². The number of imidazole rings is 1. The standard InChI is InChI=1S/C15H15N5O4S/c1-17-11-12(18(2)15(22)19(3)13(11)21)16-14(17)25-8-9-5-4-6-10(7-9)20(23)24/h4-7H,8H2,1-3H3. The predicted octanol–water partition coefficient (Wildman–Crippen LogP) is 1.17. The fourth-order valence-electron chi connectivity index (χ4n) is 2.54. The first-order valence-electron chi connectivity index (χ1n) is 7.30. The van der Waals surface area contributed by atoms with Crippen LogP contribution in [0.15, 0.2) is 39.0 Å². The zero-order valence-corrected chi connectivity index (χ0v) is 14.6. The van der Waals surface area contributed by atoms with Gasteiger partial charge in [0.1, 0.15) is 0 Å². The largest absolute Gasteiger partial charge is 0.332 e. The van der Waals surface area contributed by atoms with Crippen LogP contribution in [0.1, 0.15) is 5.56 Å². The molecule has 0 aliphatic carbocycles. The Morgan fingerprint density at radius 2 is 1.88 bits per heavy atom. The average Bonchev–Trinajstić information content (AvgIpc) is 2.93. The summed E-state index contributed by atoms with van der Waals surface area (Å²) < 4.78 is 4.01. The van der Waals surface area contributed by atoms with Gasteiger partial charge in [0.25, 0.3) is 11.2 Å². The molecule has 0 aliphatic heterocycles. The van der Waals surface area contributed by atoms with E-state index in [9.17, 15) is 19.7 Å². The van der Waals surface area contributed by atoms with Crippen LogP contribution in [0.3, 0.4) is 0 Å². The van der Waals surface area contributed by atoms with Gasteiger partial charge in [-0.2, -0.15) is 0 Å². The smallest absolute Gasteiger partial charge is 0.316 e. The van der Waals surface area contributed by atoms with Gasteiger partial charge in [0.2, 0.25) is 0 Å². The molecule has 0 saturated carbocycles. The van der Waals surface area contributed by atoms with E-state index in [1.54, 1.807) is 30.8 Å². The van der Waals surface area contributed by atoms with E-state index in [1.165, 1.54) is 35.5 Å².